The average Bonchev–Trinajstić information content (AvgIpc) is 3.12. The highest BCUT2D eigenvalue weighted by Gasteiger charge is 2.17. The summed E-state index contributed by atoms with van der Waals surface area (Å²) in [5, 5.41) is 5.00. The molecule has 6 rings (SSSR count). The molecule has 0 aliphatic carbocycles. The number of benzene rings is 3. The third-order valence-corrected chi connectivity index (χ3v) is 5.71. The van der Waals surface area contributed by atoms with E-state index < -0.39 is 0 Å². The molecule has 0 fully saturated rings. The molecular formula is C26H18N2. The second-order valence-corrected chi connectivity index (χ2v) is 7.34. The summed E-state index contributed by atoms with van der Waals surface area (Å²) in [5.74, 6) is 0. The maximum absolute atomic E-state index is 4.83. The molecule has 0 N–H and O–H groups in total. The Bertz CT molecular complexity index is 1510. The highest BCUT2D eigenvalue weighted by atomic mass is 14.9. The van der Waals surface area contributed by atoms with Crippen molar-refractivity contribution in [1.82, 2.24) is 9.38 Å². The Labute approximate surface area is 162 Å². The molecule has 0 bridgehead atoms. The molecule has 28 heavy (non-hydrogen) atoms. The summed E-state index contributed by atoms with van der Waals surface area (Å²) in [4.78, 5) is 4.83. The molecule has 0 atom stereocenters. The van der Waals surface area contributed by atoms with Crippen LogP contribution in [0.25, 0.3) is 49.4 Å². The first-order chi connectivity index (χ1) is 13.8. The summed E-state index contributed by atoms with van der Waals surface area (Å²) in [5.41, 5.74) is 7.17. The van der Waals surface area contributed by atoms with E-state index in [4.69, 9.17) is 4.98 Å². The normalized spacial score (nSPS) is 11.8. The van der Waals surface area contributed by atoms with Crippen molar-refractivity contribution in [3.05, 3.63) is 96.7 Å². The fraction of sp³-hybridized carbons (Fsp3) is 0.0385. The van der Waals surface area contributed by atoms with Crippen LogP contribution in [0.4, 0.5) is 0 Å². The summed E-state index contributed by atoms with van der Waals surface area (Å²) in [6.45, 7) is 2.21. The van der Waals surface area contributed by atoms with E-state index in [1.165, 1.54) is 43.9 Å². The van der Waals surface area contributed by atoms with Gasteiger partial charge in [-0.05, 0) is 47.0 Å². The van der Waals surface area contributed by atoms with Crippen molar-refractivity contribution < 1.29 is 0 Å². The third-order valence-electron chi connectivity index (χ3n) is 5.71. The molecule has 0 spiro atoms. The van der Waals surface area contributed by atoms with E-state index in [0.717, 1.165) is 11.0 Å². The van der Waals surface area contributed by atoms with E-state index in [1.54, 1.807) is 0 Å². The Hall–Kier alpha value is -3.65. The zero-order valence-electron chi connectivity index (χ0n) is 15.6. The minimum atomic E-state index is 1.05. The molecule has 3 aromatic heterocycles. The number of aromatic nitrogens is 2. The van der Waals surface area contributed by atoms with Crippen LogP contribution in [0, 0.1) is 6.92 Å². The number of hydrogen-bond acceptors (Lipinski definition) is 1. The molecule has 0 amide bonds. The maximum atomic E-state index is 4.83. The predicted molar refractivity (Wildman–Crippen MR) is 118 cm³/mol. The second kappa shape index (κ2) is 5.67. The van der Waals surface area contributed by atoms with E-state index >= 15 is 0 Å². The number of pyridine rings is 2. The van der Waals surface area contributed by atoms with Crippen LogP contribution in [0.2, 0.25) is 0 Å². The summed E-state index contributed by atoms with van der Waals surface area (Å²) < 4.78 is 2.38. The van der Waals surface area contributed by atoms with Crippen LogP contribution in [-0.4, -0.2) is 9.38 Å². The van der Waals surface area contributed by atoms with Gasteiger partial charge < -0.3 is 4.40 Å². The van der Waals surface area contributed by atoms with Crippen molar-refractivity contribution in [2.45, 2.75) is 6.92 Å². The van der Waals surface area contributed by atoms with Gasteiger partial charge in [-0.2, -0.15) is 0 Å². The largest absolute Gasteiger partial charge is 0.307 e. The van der Waals surface area contributed by atoms with Gasteiger partial charge in [-0.25, -0.2) is 0 Å². The standard InChI is InChI=1S/C26H18N2/c1-17-16-23(19-9-3-2-4-10-19)28-22-12-7-15-27-25(22)24-20-11-6-5-8-18(20)13-14-21(24)26(17)28/h2-16H,1H3. The Morgan fingerprint density at radius 1 is 0.750 bits per heavy atom. The Morgan fingerprint density at radius 2 is 1.57 bits per heavy atom. The first-order valence-electron chi connectivity index (χ1n) is 9.58. The molecule has 0 saturated carbocycles. The van der Waals surface area contributed by atoms with Gasteiger partial charge in [-0.1, -0.05) is 66.7 Å². The molecular weight excluding hydrogens is 340 g/mol. The average molecular weight is 358 g/mol. The van der Waals surface area contributed by atoms with Gasteiger partial charge in [-0.15, -0.1) is 0 Å². The molecule has 0 radical (unpaired) electrons. The number of hydrogen-bond donors (Lipinski definition) is 0. The van der Waals surface area contributed by atoms with E-state index in [9.17, 15) is 0 Å². The van der Waals surface area contributed by atoms with Gasteiger partial charge in [0, 0.05) is 17.0 Å². The van der Waals surface area contributed by atoms with E-state index in [-0.39, 0.29) is 0 Å². The van der Waals surface area contributed by atoms with Crippen molar-refractivity contribution in [1.29, 1.82) is 0 Å². The number of fused-ring (bicyclic) bond motifs is 8. The van der Waals surface area contributed by atoms with E-state index in [2.05, 4.69) is 90.2 Å². The van der Waals surface area contributed by atoms with Crippen molar-refractivity contribution in [3.63, 3.8) is 0 Å². The van der Waals surface area contributed by atoms with Crippen LogP contribution >= 0.6 is 0 Å². The van der Waals surface area contributed by atoms with Crippen molar-refractivity contribution in [2.75, 3.05) is 0 Å². The maximum Gasteiger partial charge on any atom is 0.0955 e. The number of aryl methyl sites for hydroxylation is 1. The van der Waals surface area contributed by atoms with Crippen LogP contribution in [0.3, 0.4) is 0 Å². The monoisotopic (exact) mass is 358 g/mol. The summed E-state index contributed by atoms with van der Waals surface area (Å²) in [6, 6.07) is 30.2. The molecule has 3 aromatic carbocycles. The first kappa shape index (κ1) is 15.4. The van der Waals surface area contributed by atoms with Crippen molar-refractivity contribution in [3.8, 4) is 11.3 Å². The van der Waals surface area contributed by atoms with Crippen LogP contribution in [0.15, 0.2) is 91.1 Å². The summed E-state index contributed by atoms with van der Waals surface area (Å²) >= 11 is 0. The van der Waals surface area contributed by atoms with Gasteiger partial charge in [0.15, 0.2) is 0 Å². The molecule has 6 aromatic rings. The lowest BCUT2D eigenvalue weighted by Gasteiger charge is -2.13. The van der Waals surface area contributed by atoms with Gasteiger partial charge in [-0.3, -0.25) is 4.98 Å². The summed E-state index contributed by atoms with van der Waals surface area (Å²) in [6.07, 6.45) is 1.90. The second-order valence-electron chi connectivity index (χ2n) is 7.34. The zero-order valence-corrected chi connectivity index (χ0v) is 15.6. The zero-order chi connectivity index (χ0) is 18.7. The van der Waals surface area contributed by atoms with Gasteiger partial charge in [0.1, 0.15) is 0 Å². The fourth-order valence-corrected chi connectivity index (χ4v) is 4.53. The lowest BCUT2D eigenvalue weighted by Crippen LogP contribution is -1.95. The lowest BCUT2D eigenvalue weighted by molar-refractivity contribution is 1.26. The van der Waals surface area contributed by atoms with Gasteiger partial charge in [0.2, 0.25) is 0 Å². The smallest absolute Gasteiger partial charge is 0.0955 e. The molecule has 0 aliphatic rings. The molecule has 2 nitrogen and oxygen atoms in total. The summed E-state index contributed by atoms with van der Waals surface area (Å²) in [7, 11) is 0. The van der Waals surface area contributed by atoms with Gasteiger partial charge >= 0.3 is 0 Å². The predicted octanol–water partition coefficient (Wildman–Crippen LogP) is 6.77. The van der Waals surface area contributed by atoms with Crippen LogP contribution < -0.4 is 0 Å². The molecule has 132 valence electrons. The van der Waals surface area contributed by atoms with Gasteiger partial charge in [0.05, 0.1) is 22.2 Å². The van der Waals surface area contributed by atoms with Crippen LogP contribution in [0.1, 0.15) is 5.56 Å². The van der Waals surface area contributed by atoms with Gasteiger partial charge in [0.25, 0.3) is 0 Å². The highest BCUT2D eigenvalue weighted by molar-refractivity contribution is 6.23. The molecule has 2 heteroatoms. The number of rotatable bonds is 1. The Kier molecular flexibility index (Phi) is 3.12. The van der Waals surface area contributed by atoms with E-state index in [0.29, 0.717) is 0 Å². The fourth-order valence-electron chi connectivity index (χ4n) is 4.53. The molecule has 3 heterocycles. The van der Waals surface area contributed by atoms with Crippen LogP contribution in [0.5, 0.6) is 0 Å². The minimum Gasteiger partial charge on any atom is -0.307 e. The number of nitrogens with zero attached hydrogens (tertiary/aromatic N) is 2. The topological polar surface area (TPSA) is 17.3 Å². The van der Waals surface area contributed by atoms with Crippen molar-refractivity contribution in [2.24, 2.45) is 0 Å². The van der Waals surface area contributed by atoms with E-state index in [1.807, 2.05) is 12.3 Å². The van der Waals surface area contributed by atoms with Crippen molar-refractivity contribution >= 4 is 38.1 Å². The lowest BCUT2D eigenvalue weighted by atomic mass is 10.00. The van der Waals surface area contributed by atoms with Crippen LogP contribution in [-0.2, 0) is 0 Å². The highest BCUT2D eigenvalue weighted by Crippen LogP contribution is 2.38. The third kappa shape index (κ3) is 2.00. The molecule has 0 saturated heterocycles. The molecule has 0 unspecified atom stereocenters. The minimum absolute atomic E-state index is 1.05. The SMILES string of the molecule is Cc1cc(-c2ccccc2)n2c3cccnc3c3c4ccccc4ccc3c12. The quantitative estimate of drug-likeness (QED) is 0.296. The Balaban J connectivity index is 1.94. The first-order valence-corrected chi connectivity index (χ1v) is 9.58. The molecule has 0 aliphatic heterocycles. The Morgan fingerprint density at radius 3 is 2.46 bits per heavy atom.